The maximum Gasteiger partial charge on any atom is 0.420 e. The molecule has 0 bridgehead atoms. The number of hydrogen-bond donors (Lipinski definition) is 2. The summed E-state index contributed by atoms with van der Waals surface area (Å²) in [5.41, 5.74) is 1.24. The molecule has 8 nitrogen and oxygen atoms in total. The van der Waals surface area contributed by atoms with Crippen LogP contribution in [0, 0.1) is 0 Å². The number of carboxylic acid groups (broad SMARTS) is 1. The van der Waals surface area contributed by atoms with Crippen LogP contribution in [-0.4, -0.2) is 44.8 Å². The van der Waals surface area contributed by atoms with Crippen LogP contribution in [0.5, 0.6) is 0 Å². The minimum atomic E-state index is -1.52. The number of aromatic amines is 1. The zero-order valence-corrected chi connectivity index (χ0v) is 18.2. The molecule has 0 saturated carbocycles. The van der Waals surface area contributed by atoms with Gasteiger partial charge in [-0.15, -0.1) is 0 Å². The van der Waals surface area contributed by atoms with Crippen molar-refractivity contribution in [2.45, 2.75) is 45.4 Å². The highest BCUT2D eigenvalue weighted by atomic mass is 16.6. The molecule has 8 heteroatoms. The Kier molecular flexibility index (Phi) is 6.82. The summed E-state index contributed by atoms with van der Waals surface area (Å²) in [5, 5.41) is 10.7. The van der Waals surface area contributed by atoms with E-state index in [-0.39, 0.29) is 13.0 Å². The van der Waals surface area contributed by atoms with Gasteiger partial charge in [-0.05, 0) is 38.0 Å². The zero-order chi connectivity index (χ0) is 23.3. The molecule has 0 fully saturated rings. The summed E-state index contributed by atoms with van der Waals surface area (Å²) < 4.78 is 10.6. The molecule has 0 aliphatic rings. The zero-order valence-electron chi connectivity index (χ0n) is 18.2. The van der Waals surface area contributed by atoms with Gasteiger partial charge in [-0.1, -0.05) is 48.5 Å². The molecule has 3 aromatic rings. The molecule has 2 aromatic carbocycles. The van der Waals surface area contributed by atoms with Crippen molar-refractivity contribution in [3.8, 4) is 0 Å². The Morgan fingerprint density at radius 3 is 2.31 bits per heavy atom. The fraction of sp³-hybridized carbons (Fsp3) is 0.292. The second-order valence-electron chi connectivity index (χ2n) is 8.31. The molecule has 1 aromatic heterocycles. The van der Waals surface area contributed by atoms with Crippen molar-refractivity contribution in [3.63, 3.8) is 0 Å². The fourth-order valence-corrected chi connectivity index (χ4v) is 3.23. The van der Waals surface area contributed by atoms with Crippen LogP contribution in [0.25, 0.3) is 10.9 Å². The van der Waals surface area contributed by atoms with Crippen molar-refractivity contribution in [3.05, 3.63) is 71.9 Å². The number of carbonyl (C=O) groups is 3. The maximum absolute atomic E-state index is 12.9. The Hall–Kier alpha value is -3.81. The lowest BCUT2D eigenvalue weighted by Crippen LogP contribution is -2.51. The number of ether oxygens (including phenoxy) is 2. The van der Waals surface area contributed by atoms with Gasteiger partial charge in [-0.25, -0.2) is 14.4 Å². The standard InChI is InChI=1S/C24H26N2O6/c1-24(2,3)32-23(30)26(22(29)31-15-16-9-5-4-6-10-16)20(21(27)28)13-17-14-25-19-12-8-7-11-18(17)19/h4-12,14,20,25H,13,15H2,1-3H3,(H,27,28)/t20-/m0/s1. The van der Waals surface area contributed by atoms with E-state index in [2.05, 4.69) is 4.98 Å². The number of hydrogen-bond acceptors (Lipinski definition) is 5. The molecule has 32 heavy (non-hydrogen) atoms. The third-order valence-corrected chi connectivity index (χ3v) is 4.68. The number of aromatic nitrogens is 1. The number of fused-ring (bicyclic) bond motifs is 1. The molecular weight excluding hydrogens is 412 g/mol. The molecule has 1 atom stereocenters. The van der Waals surface area contributed by atoms with E-state index in [0.717, 1.165) is 10.9 Å². The lowest BCUT2D eigenvalue weighted by Gasteiger charge is -2.29. The molecule has 0 saturated heterocycles. The van der Waals surface area contributed by atoms with E-state index in [1.807, 2.05) is 30.3 Å². The number of imide groups is 1. The quantitative estimate of drug-likeness (QED) is 0.575. The van der Waals surface area contributed by atoms with Crippen LogP contribution in [0.2, 0.25) is 0 Å². The Morgan fingerprint density at radius 2 is 1.66 bits per heavy atom. The van der Waals surface area contributed by atoms with Crippen molar-refractivity contribution >= 4 is 29.1 Å². The maximum atomic E-state index is 12.9. The Bertz CT molecular complexity index is 1100. The van der Waals surface area contributed by atoms with Crippen molar-refractivity contribution in [2.24, 2.45) is 0 Å². The highest BCUT2D eigenvalue weighted by Crippen LogP contribution is 2.23. The number of para-hydroxylation sites is 1. The highest BCUT2D eigenvalue weighted by Gasteiger charge is 2.39. The molecule has 2 amide bonds. The molecule has 0 aliphatic carbocycles. The van der Waals surface area contributed by atoms with Crippen LogP contribution < -0.4 is 0 Å². The minimum absolute atomic E-state index is 0.112. The van der Waals surface area contributed by atoms with Crippen LogP contribution in [0.4, 0.5) is 9.59 Å². The van der Waals surface area contributed by atoms with Gasteiger partial charge in [0.05, 0.1) is 0 Å². The van der Waals surface area contributed by atoms with Crippen LogP contribution in [0.1, 0.15) is 31.9 Å². The first-order valence-corrected chi connectivity index (χ1v) is 10.2. The van der Waals surface area contributed by atoms with Gasteiger partial charge in [0.1, 0.15) is 18.2 Å². The van der Waals surface area contributed by atoms with Crippen LogP contribution >= 0.6 is 0 Å². The number of rotatable bonds is 6. The second kappa shape index (κ2) is 9.55. The average molecular weight is 438 g/mol. The number of nitrogens with zero attached hydrogens (tertiary/aromatic N) is 1. The van der Waals surface area contributed by atoms with Gasteiger partial charge in [0, 0.05) is 23.5 Å². The van der Waals surface area contributed by atoms with Gasteiger partial charge >= 0.3 is 18.2 Å². The van der Waals surface area contributed by atoms with Crippen LogP contribution in [0.3, 0.4) is 0 Å². The van der Waals surface area contributed by atoms with Crippen LogP contribution in [-0.2, 0) is 27.3 Å². The molecule has 0 radical (unpaired) electrons. The smallest absolute Gasteiger partial charge is 0.420 e. The number of nitrogens with one attached hydrogen (secondary N) is 1. The van der Waals surface area contributed by atoms with Crippen molar-refractivity contribution in [1.29, 1.82) is 0 Å². The van der Waals surface area contributed by atoms with E-state index in [9.17, 15) is 19.5 Å². The molecule has 0 unspecified atom stereocenters. The van der Waals surface area contributed by atoms with E-state index in [1.165, 1.54) is 0 Å². The van der Waals surface area contributed by atoms with Gasteiger partial charge in [-0.3, -0.25) is 0 Å². The molecule has 2 N–H and O–H groups in total. The molecule has 0 spiro atoms. The lowest BCUT2D eigenvalue weighted by molar-refractivity contribution is -0.142. The van der Waals surface area contributed by atoms with E-state index in [0.29, 0.717) is 16.0 Å². The third-order valence-electron chi connectivity index (χ3n) is 4.68. The lowest BCUT2D eigenvalue weighted by atomic mass is 10.0. The number of benzene rings is 2. The monoisotopic (exact) mass is 438 g/mol. The topological polar surface area (TPSA) is 109 Å². The number of amides is 2. The number of carbonyl (C=O) groups excluding carboxylic acids is 2. The summed E-state index contributed by atoms with van der Waals surface area (Å²) >= 11 is 0. The van der Waals surface area contributed by atoms with E-state index in [1.54, 1.807) is 51.2 Å². The normalized spacial score (nSPS) is 12.2. The Labute approximate surface area is 185 Å². The van der Waals surface area contributed by atoms with E-state index in [4.69, 9.17) is 9.47 Å². The fourth-order valence-electron chi connectivity index (χ4n) is 3.23. The molecule has 168 valence electrons. The average Bonchev–Trinajstić information content (AvgIpc) is 3.14. The van der Waals surface area contributed by atoms with Gasteiger partial charge in [-0.2, -0.15) is 4.90 Å². The molecular formula is C24H26N2O6. The van der Waals surface area contributed by atoms with Crippen molar-refractivity contribution < 1.29 is 29.0 Å². The number of H-pyrrole nitrogens is 1. The first-order chi connectivity index (χ1) is 15.2. The van der Waals surface area contributed by atoms with Gasteiger partial charge in [0.25, 0.3) is 0 Å². The Balaban J connectivity index is 1.89. The second-order valence-corrected chi connectivity index (χ2v) is 8.31. The number of aliphatic carboxylic acids is 1. The summed E-state index contributed by atoms with van der Waals surface area (Å²) in [5.74, 6) is -1.35. The summed E-state index contributed by atoms with van der Waals surface area (Å²) in [6, 6.07) is 14.8. The predicted octanol–water partition coefficient (Wildman–Crippen LogP) is 4.74. The summed E-state index contributed by atoms with van der Waals surface area (Å²) in [6.07, 6.45) is -0.611. The summed E-state index contributed by atoms with van der Waals surface area (Å²) in [7, 11) is 0. The van der Waals surface area contributed by atoms with Gasteiger partial charge in [0.2, 0.25) is 0 Å². The SMILES string of the molecule is CC(C)(C)OC(=O)N(C(=O)OCc1ccccc1)[C@@H](Cc1c[nH]c2ccccc12)C(=O)O. The molecule has 0 aliphatic heterocycles. The summed E-state index contributed by atoms with van der Waals surface area (Å²) in [6.45, 7) is 4.79. The Morgan fingerprint density at radius 1 is 1.00 bits per heavy atom. The largest absolute Gasteiger partial charge is 0.480 e. The van der Waals surface area contributed by atoms with E-state index >= 15 is 0 Å². The van der Waals surface area contributed by atoms with Crippen molar-refractivity contribution in [1.82, 2.24) is 9.88 Å². The van der Waals surface area contributed by atoms with E-state index < -0.39 is 29.8 Å². The first kappa shape index (κ1) is 22.9. The van der Waals surface area contributed by atoms with Gasteiger partial charge in [0.15, 0.2) is 0 Å². The predicted molar refractivity (Wildman–Crippen MR) is 118 cm³/mol. The third kappa shape index (κ3) is 5.66. The number of carboxylic acids is 1. The first-order valence-electron chi connectivity index (χ1n) is 10.2. The van der Waals surface area contributed by atoms with Gasteiger partial charge < -0.3 is 19.6 Å². The minimum Gasteiger partial charge on any atom is -0.480 e. The summed E-state index contributed by atoms with van der Waals surface area (Å²) in [4.78, 5) is 41.6. The van der Waals surface area contributed by atoms with Crippen molar-refractivity contribution in [2.75, 3.05) is 0 Å². The molecule has 3 rings (SSSR count). The highest BCUT2D eigenvalue weighted by molar-refractivity contribution is 5.94. The van der Waals surface area contributed by atoms with Crippen LogP contribution in [0.15, 0.2) is 60.8 Å². The molecule has 1 heterocycles.